The first-order valence-electron chi connectivity index (χ1n) is 7.91. The van der Waals surface area contributed by atoms with Crippen LogP contribution in [0.4, 0.5) is 5.82 Å². The van der Waals surface area contributed by atoms with E-state index in [9.17, 15) is 4.79 Å². The minimum Gasteiger partial charge on any atom is -0.318 e. The molecule has 0 aliphatic rings. The van der Waals surface area contributed by atoms with E-state index in [-0.39, 0.29) is 5.91 Å². The highest BCUT2D eigenvalue weighted by atomic mass is 16.2. The van der Waals surface area contributed by atoms with Crippen molar-refractivity contribution in [1.82, 2.24) is 14.6 Å². The Kier molecular flexibility index (Phi) is 4.31. The Labute approximate surface area is 140 Å². The van der Waals surface area contributed by atoms with E-state index in [0.29, 0.717) is 17.9 Å². The van der Waals surface area contributed by atoms with Gasteiger partial charge in [0, 0.05) is 12.3 Å². The number of fused-ring (bicyclic) bond motifs is 1. The summed E-state index contributed by atoms with van der Waals surface area (Å²) in [6, 6.07) is 13.6. The third-order valence-corrected chi connectivity index (χ3v) is 4.02. The van der Waals surface area contributed by atoms with Gasteiger partial charge in [-0.25, -0.2) is 4.98 Å². The zero-order chi connectivity index (χ0) is 17.2. The Morgan fingerprint density at radius 1 is 1.29 bits per heavy atom. The number of hydrogen-bond acceptors (Lipinski definition) is 4. The molecule has 0 fully saturated rings. The summed E-state index contributed by atoms with van der Waals surface area (Å²) in [5.74, 6) is 0.327. The fourth-order valence-corrected chi connectivity index (χ4v) is 2.53. The SMILES string of the molecule is Cc1cc2nccc(NC(=O)C(C)(N)CCc3ccccc3)n2n1. The molecule has 6 heteroatoms. The number of carbonyl (C=O) groups excluding carboxylic acids is 1. The summed E-state index contributed by atoms with van der Waals surface area (Å²) < 4.78 is 1.61. The number of anilines is 1. The van der Waals surface area contributed by atoms with Gasteiger partial charge in [0.05, 0.1) is 11.2 Å². The van der Waals surface area contributed by atoms with Crippen molar-refractivity contribution in [2.45, 2.75) is 32.2 Å². The number of aromatic nitrogens is 3. The van der Waals surface area contributed by atoms with E-state index in [2.05, 4.69) is 15.4 Å². The summed E-state index contributed by atoms with van der Waals surface area (Å²) in [4.78, 5) is 16.8. The molecule has 1 amide bonds. The highest BCUT2D eigenvalue weighted by Gasteiger charge is 2.28. The van der Waals surface area contributed by atoms with E-state index >= 15 is 0 Å². The molecule has 3 aromatic rings. The number of nitrogens with one attached hydrogen (secondary N) is 1. The summed E-state index contributed by atoms with van der Waals surface area (Å²) >= 11 is 0. The van der Waals surface area contributed by atoms with Gasteiger partial charge in [-0.2, -0.15) is 9.61 Å². The van der Waals surface area contributed by atoms with Crippen LogP contribution >= 0.6 is 0 Å². The Balaban J connectivity index is 1.72. The van der Waals surface area contributed by atoms with Gasteiger partial charge in [-0.05, 0) is 38.3 Å². The average molecular weight is 323 g/mol. The second kappa shape index (κ2) is 6.41. The summed E-state index contributed by atoms with van der Waals surface area (Å²) in [5, 5.41) is 7.21. The van der Waals surface area contributed by atoms with Gasteiger partial charge in [0.1, 0.15) is 5.82 Å². The van der Waals surface area contributed by atoms with Gasteiger partial charge in [-0.1, -0.05) is 30.3 Å². The molecule has 1 atom stereocenters. The summed E-state index contributed by atoms with van der Waals surface area (Å²) in [7, 11) is 0. The molecule has 0 saturated carbocycles. The van der Waals surface area contributed by atoms with Crippen LogP contribution in [-0.4, -0.2) is 26.0 Å². The van der Waals surface area contributed by atoms with Crippen LogP contribution in [0.25, 0.3) is 5.65 Å². The van der Waals surface area contributed by atoms with Crippen LogP contribution in [-0.2, 0) is 11.2 Å². The standard InChI is InChI=1S/C18H21N5O/c1-13-12-16-20-11-9-15(23(16)22-13)21-17(24)18(2,19)10-8-14-6-4-3-5-7-14/h3-7,9,11-12H,8,10,19H2,1-2H3,(H,21,24). The first-order chi connectivity index (χ1) is 11.5. The van der Waals surface area contributed by atoms with Crippen LogP contribution in [0, 0.1) is 6.92 Å². The molecule has 0 bridgehead atoms. The van der Waals surface area contributed by atoms with E-state index in [1.165, 1.54) is 0 Å². The Bertz CT molecular complexity index is 854. The molecule has 24 heavy (non-hydrogen) atoms. The van der Waals surface area contributed by atoms with Gasteiger partial charge in [-0.3, -0.25) is 4.79 Å². The zero-order valence-electron chi connectivity index (χ0n) is 13.9. The first-order valence-corrected chi connectivity index (χ1v) is 7.91. The fourth-order valence-electron chi connectivity index (χ4n) is 2.53. The molecule has 3 N–H and O–H groups in total. The number of nitrogens with two attached hydrogens (primary N) is 1. The van der Waals surface area contributed by atoms with Crippen molar-refractivity contribution >= 4 is 17.4 Å². The van der Waals surface area contributed by atoms with Gasteiger partial charge in [0.15, 0.2) is 5.65 Å². The number of amides is 1. The highest BCUT2D eigenvalue weighted by molar-refractivity contribution is 5.97. The fraction of sp³-hybridized carbons (Fsp3) is 0.278. The monoisotopic (exact) mass is 323 g/mol. The maximum Gasteiger partial charge on any atom is 0.245 e. The molecule has 1 aromatic carbocycles. The molecule has 0 aliphatic heterocycles. The first kappa shape index (κ1) is 16.1. The van der Waals surface area contributed by atoms with E-state index in [1.54, 1.807) is 23.7 Å². The molecule has 0 saturated heterocycles. The highest BCUT2D eigenvalue weighted by Crippen LogP contribution is 2.16. The summed E-state index contributed by atoms with van der Waals surface area (Å²) in [5.41, 5.74) is 7.96. The van der Waals surface area contributed by atoms with Crippen molar-refractivity contribution in [2.24, 2.45) is 5.73 Å². The predicted molar refractivity (Wildman–Crippen MR) is 93.7 cm³/mol. The molecule has 6 nitrogen and oxygen atoms in total. The second-order valence-electron chi connectivity index (χ2n) is 6.24. The van der Waals surface area contributed by atoms with Crippen LogP contribution < -0.4 is 11.1 Å². The lowest BCUT2D eigenvalue weighted by molar-refractivity contribution is -0.120. The van der Waals surface area contributed by atoms with Crippen LogP contribution in [0.3, 0.4) is 0 Å². The van der Waals surface area contributed by atoms with Crippen molar-refractivity contribution in [2.75, 3.05) is 5.32 Å². The maximum atomic E-state index is 12.6. The molecular formula is C18H21N5O. The Morgan fingerprint density at radius 2 is 2.04 bits per heavy atom. The number of carbonyl (C=O) groups is 1. The molecule has 0 radical (unpaired) electrons. The lowest BCUT2D eigenvalue weighted by Gasteiger charge is -2.23. The van der Waals surface area contributed by atoms with Crippen molar-refractivity contribution in [1.29, 1.82) is 0 Å². The smallest absolute Gasteiger partial charge is 0.245 e. The topological polar surface area (TPSA) is 85.3 Å². The van der Waals surface area contributed by atoms with Crippen molar-refractivity contribution in [3.05, 3.63) is 59.9 Å². The van der Waals surface area contributed by atoms with Crippen LogP contribution in [0.1, 0.15) is 24.6 Å². The Hall–Kier alpha value is -2.73. The largest absolute Gasteiger partial charge is 0.318 e. The van der Waals surface area contributed by atoms with Gasteiger partial charge in [-0.15, -0.1) is 0 Å². The third kappa shape index (κ3) is 3.44. The molecular weight excluding hydrogens is 302 g/mol. The van der Waals surface area contributed by atoms with Crippen LogP contribution in [0.2, 0.25) is 0 Å². The Morgan fingerprint density at radius 3 is 2.79 bits per heavy atom. The van der Waals surface area contributed by atoms with Crippen molar-refractivity contribution < 1.29 is 4.79 Å². The minimum atomic E-state index is -0.979. The van der Waals surface area contributed by atoms with E-state index < -0.39 is 5.54 Å². The molecule has 0 spiro atoms. The van der Waals surface area contributed by atoms with Gasteiger partial charge < -0.3 is 11.1 Å². The molecule has 124 valence electrons. The van der Waals surface area contributed by atoms with E-state index in [1.807, 2.05) is 43.3 Å². The molecule has 0 aliphatic carbocycles. The molecule has 2 aromatic heterocycles. The molecule has 2 heterocycles. The number of hydrogen-bond donors (Lipinski definition) is 2. The quantitative estimate of drug-likeness (QED) is 0.754. The normalized spacial score (nSPS) is 13.6. The third-order valence-electron chi connectivity index (χ3n) is 4.02. The predicted octanol–water partition coefficient (Wildman–Crippen LogP) is 2.33. The van der Waals surface area contributed by atoms with Crippen molar-refractivity contribution in [3.8, 4) is 0 Å². The van der Waals surface area contributed by atoms with Gasteiger partial charge >= 0.3 is 0 Å². The summed E-state index contributed by atoms with van der Waals surface area (Å²) in [6.45, 7) is 3.63. The molecule has 3 rings (SSSR count). The summed E-state index contributed by atoms with van der Waals surface area (Å²) in [6.07, 6.45) is 2.94. The lowest BCUT2D eigenvalue weighted by Crippen LogP contribution is -2.49. The average Bonchev–Trinajstić information content (AvgIpc) is 2.95. The number of nitrogens with zero attached hydrogens (tertiary/aromatic N) is 3. The molecule has 1 unspecified atom stereocenters. The zero-order valence-corrected chi connectivity index (χ0v) is 13.9. The van der Waals surface area contributed by atoms with Crippen molar-refractivity contribution in [3.63, 3.8) is 0 Å². The van der Waals surface area contributed by atoms with Gasteiger partial charge in [0.25, 0.3) is 0 Å². The van der Waals surface area contributed by atoms with Crippen LogP contribution in [0.15, 0.2) is 48.7 Å². The number of benzene rings is 1. The number of rotatable bonds is 5. The van der Waals surface area contributed by atoms with E-state index in [0.717, 1.165) is 17.7 Å². The van der Waals surface area contributed by atoms with Gasteiger partial charge in [0.2, 0.25) is 5.91 Å². The number of aryl methyl sites for hydroxylation is 2. The maximum absolute atomic E-state index is 12.6. The van der Waals surface area contributed by atoms with E-state index in [4.69, 9.17) is 5.73 Å². The van der Waals surface area contributed by atoms with Crippen LogP contribution in [0.5, 0.6) is 0 Å². The lowest BCUT2D eigenvalue weighted by atomic mass is 9.93. The minimum absolute atomic E-state index is 0.237. The second-order valence-corrected chi connectivity index (χ2v) is 6.24.